The topological polar surface area (TPSA) is 35.2 Å². The fraction of sp³-hybridized carbons (Fsp3) is 1.00. The third kappa shape index (κ3) is 3.18. The van der Waals surface area contributed by atoms with Crippen LogP contribution in [0.4, 0.5) is 0 Å². The van der Waals surface area contributed by atoms with Gasteiger partial charge in [0.05, 0.1) is 0 Å². The molecule has 2 fully saturated rings. The average molecular weight is 211 g/mol. The van der Waals surface area contributed by atoms with E-state index in [1.165, 1.54) is 38.5 Å². The molecule has 2 nitrogen and oxygen atoms in total. The molecule has 1 heterocycles. The van der Waals surface area contributed by atoms with Gasteiger partial charge in [-0.25, -0.2) is 0 Å². The fourth-order valence-electron chi connectivity index (χ4n) is 3.06. The standard InChI is InChI=1S/C13H25NO/c1-10-2-4-12(5-3-10)13(14)8-11-6-7-15-9-11/h10-13H,2-9,14H2,1H3. The molecular weight excluding hydrogens is 186 g/mol. The van der Waals surface area contributed by atoms with Crippen LogP contribution in [0.1, 0.15) is 45.4 Å². The molecule has 2 unspecified atom stereocenters. The van der Waals surface area contributed by atoms with Gasteiger partial charge in [0.2, 0.25) is 0 Å². The van der Waals surface area contributed by atoms with Crippen LogP contribution in [0.5, 0.6) is 0 Å². The quantitative estimate of drug-likeness (QED) is 0.778. The van der Waals surface area contributed by atoms with Crippen LogP contribution in [0.3, 0.4) is 0 Å². The molecule has 2 heteroatoms. The van der Waals surface area contributed by atoms with Crippen LogP contribution in [0.25, 0.3) is 0 Å². The highest BCUT2D eigenvalue weighted by atomic mass is 16.5. The summed E-state index contributed by atoms with van der Waals surface area (Å²) < 4.78 is 5.41. The van der Waals surface area contributed by atoms with Gasteiger partial charge in [-0.05, 0) is 43.4 Å². The Morgan fingerprint density at radius 1 is 1.20 bits per heavy atom. The smallest absolute Gasteiger partial charge is 0.0495 e. The van der Waals surface area contributed by atoms with E-state index in [2.05, 4.69) is 6.92 Å². The highest BCUT2D eigenvalue weighted by Crippen LogP contribution is 2.32. The van der Waals surface area contributed by atoms with Gasteiger partial charge in [0.15, 0.2) is 0 Å². The van der Waals surface area contributed by atoms with Crippen molar-refractivity contribution < 1.29 is 4.74 Å². The van der Waals surface area contributed by atoms with Gasteiger partial charge in [-0.1, -0.05) is 19.8 Å². The molecule has 88 valence electrons. The van der Waals surface area contributed by atoms with Crippen molar-refractivity contribution in [3.63, 3.8) is 0 Å². The van der Waals surface area contributed by atoms with Gasteiger partial charge < -0.3 is 10.5 Å². The Morgan fingerprint density at radius 3 is 2.53 bits per heavy atom. The molecule has 2 rings (SSSR count). The number of nitrogens with two attached hydrogens (primary N) is 1. The van der Waals surface area contributed by atoms with Crippen molar-refractivity contribution in [2.45, 2.75) is 51.5 Å². The normalized spacial score (nSPS) is 39.2. The molecule has 15 heavy (non-hydrogen) atoms. The van der Waals surface area contributed by atoms with Gasteiger partial charge in [-0.15, -0.1) is 0 Å². The molecule has 0 amide bonds. The van der Waals surface area contributed by atoms with Crippen LogP contribution in [-0.4, -0.2) is 19.3 Å². The zero-order chi connectivity index (χ0) is 10.7. The van der Waals surface area contributed by atoms with Crippen LogP contribution in [0.15, 0.2) is 0 Å². The van der Waals surface area contributed by atoms with E-state index in [0.717, 1.165) is 31.0 Å². The maximum atomic E-state index is 6.32. The zero-order valence-corrected chi connectivity index (χ0v) is 9.95. The Kier molecular flexibility index (Phi) is 4.04. The summed E-state index contributed by atoms with van der Waals surface area (Å²) >= 11 is 0. The van der Waals surface area contributed by atoms with E-state index in [1.54, 1.807) is 0 Å². The Morgan fingerprint density at radius 2 is 1.93 bits per heavy atom. The molecule has 1 aliphatic carbocycles. The molecule has 1 saturated heterocycles. The minimum Gasteiger partial charge on any atom is -0.381 e. The lowest BCUT2D eigenvalue weighted by Crippen LogP contribution is -2.34. The van der Waals surface area contributed by atoms with Gasteiger partial charge in [-0.3, -0.25) is 0 Å². The Balaban J connectivity index is 1.72. The average Bonchev–Trinajstić information content (AvgIpc) is 2.71. The first-order chi connectivity index (χ1) is 7.25. The third-order valence-electron chi connectivity index (χ3n) is 4.30. The second-order valence-corrected chi connectivity index (χ2v) is 5.65. The van der Waals surface area contributed by atoms with Gasteiger partial charge >= 0.3 is 0 Å². The lowest BCUT2D eigenvalue weighted by atomic mass is 9.77. The van der Waals surface area contributed by atoms with Gasteiger partial charge in [0, 0.05) is 19.3 Å². The maximum absolute atomic E-state index is 6.32. The number of hydrogen-bond donors (Lipinski definition) is 1. The van der Waals surface area contributed by atoms with Crippen LogP contribution in [0, 0.1) is 17.8 Å². The highest BCUT2D eigenvalue weighted by molar-refractivity contribution is 4.81. The molecule has 1 aliphatic heterocycles. The summed E-state index contributed by atoms with van der Waals surface area (Å²) in [5.74, 6) is 2.48. The lowest BCUT2D eigenvalue weighted by Gasteiger charge is -2.31. The molecule has 0 aromatic rings. The highest BCUT2D eigenvalue weighted by Gasteiger charge is 2.27. The Labute approximate surface area is 93.6 Å². The number of ether oxygens (including phenoxy) is 1. The molecule has 0 spiro atoms. The van der Waals surface area contributed by atoms with Crippen molar-refractivity contribution in [3.05, 3.63) is 0 Å². The van der Waals surface area contributed by atoms with Crippen LogP contribution >= 0.6 is 0 Å². The predicted octanol–water partition coefficient (Wildman–Crippen LogP) is 2.57. The van der Waals surface area contributed by atoms with E-state index in [1.807, 2.05) is 0 Å². The Hall–Kier alpha value is -0.0800. The molecule has 2 N–H and O–H groups in total. The molecule has 0 bridgehead atoms. The SMILES string of the molecule is CC1CCC(C(N)CC2CCOC2)CC1. The van der Waals surface area contributed by atoms with E-state index in [9.17, 15) is 0 Å². The van der Waals surface area contributed by atoms with E-state index >= 15 is 0 Å². The monoisotopic (exact) mass is 211 g/mol. The van der Waals surface area contributed by atoms with Crippen molar-refractivity contribution >= 4 is 0 Å². The summed E-state index contributed by atoms with van der Waals surface area (Å²) in [6, 6.07) is 0.434. The van der Waals surface area contributed by atoms with Crippen LogP contribution < -0.4 is 5.73 Å². The number of hydrogen-bond acceptors (Lipinski definition) is 2. The molecule has 0 aromatic carbocycles. The van der Waals surface area contributed by atoms with Crippen LogP contribution in [-0.2, 0) is 4.74 Å². The number of rotatable bonds is 3. The van der Waals surface area contributed by atoms with Crippen molar-refractivity contribution in [1.82, 2.24) is 0 Å². The summed E-state index contributed by atoms with van der Waals surface area (Å²) in [4.78, 5) is 0. The maximum Gasteiger partial charge on any atom is 0.0495 e. The summed E-state index contributed by atoms with van der Waals surface area (Å²) in [5.41, 5.74) is 6.32. The predicted molar refractivity (Wildman–Crippen MR) is 62.6 cm³/mol. The van der Waals surface area contributed by atoms with Crippen molar-refractivity contribution in [2.75, 3.05) is 13.2 Å². The van der Waals surface area contributed by atoms with Crippen molar-refractivity contribution in [3.8, 4) is 0 Å². The largest absolute Gasteiger partial charge is 0.381 e. The first-order valence-corrected chi connectivity index (χ1v) is 6.59. The summed E-state index contributed by atoms with van der Waals surface area (Å²) in [6.45, 7) is 4.28. The van der Waals surface area contributed by atoms with E-state index in [0.29, 0.717) is 6.04 Å². The summed E-state index contributed by atoms with van der Waals surface area (Å²) in [6.07, 6.45) is 7.92. The third-order valence-corrected chi connectivity index (χ3v) is 4.30. The summed E-state index contributed by atoms with van der Waals surface area (Å²) in [7, 11) is 0. The first kappa shape index (κ1) is 11.4. The van der Waals surface area contributed by atoms with E-state index in [-0.39, 0.29) is 0 Å². The van der Waals surface area contributed by atoms with Crippen molar-refractivity contribution in [2.24, 2.45) is 23.5 Å². The van der Waals surface area contributed by atoms with Gasteiger partial charge in [-0.2, -0.15) is 0 Å². The summed E-state index contributed by atoms with van der Waals surface area (Å²) in [5, 5.41) is 0. The van der Waals surface area contributed by atoms with Gasteiger partial charge in [0.1, 0.15) is 0 Å². The first-order valence-electron chi connectivity index (χ1n) is 6.59. The molecule has 0 radical (unpaired) electrons. The minimum atomic E-state index is 0.434. The fourth-order valence-corrected chi connectivity index (χ4v) is 3.06. The van der Waals surface area contributed by atoms with Gasteiger partial charge in [0.25, 0.3) is 0 Å². The minimum absolute atomic E-state index is 0.434. The molecule has 0 aromatic heterocycles. The zero-order valence-electron chi connectivity index (χ0n) is 9.95. The van der Waals surface area contributed by atoms with E-state index < -0.39 is 0 Å². The second-order valence-electron chi connectivity index (χ2n) is 5.65. The molecule has 1 saturated carbocycles. The van der Waals surface area contributed by atoms with E-state index in [4.69, 9.17) is 10.5 Å². The molecule has 2 aliphatic rings. The molecule has 2 atom stereocenters. The van der Waals surface area contributed by atoms with Crippen LogP contribution in [0.2, 0.25) is 0 Å². The van der Waals surface area contributed by atoms with Crippen molar-refractivity contribution in [1.29, 1.82) is 0 Å². The lowest BCUT2D eigenvalue weighted by molar-refractivity contribution is 0.175. The Bertz CT molecular complexity index is 181. The molecular formula is C13H25NO. The second kappa shape index (κ2) is 5.31.